The van der Waals surface area contributed by atoms with Gasteiger partial charge in [0.25, 0.3) is 0 Å². The van der Waals surface area contributed by atoms with Gasteiger partial charge in [0, 0.05) is 30.8 Å². The fourth-order valence-electron chi connectivity index (χ4n) is 4.57. The number of aromatic nitrogens is 2. The number of halogens is 1. The molecule has 0 atom stereocenters. The van der Waals surface area contributed by atoms with E-state index in [0.29, 0.717) is 11.1 Å². The number of hydrogen-bond donors (Lipinski definition) is 2. The van der Waals surface area contributed by atoms with Crippen molar-refractivity contribution in [3.8, 4) is 17.0 Å². The van der Waals surface area contributed by atoms with Crippen molar-refractivity contribution in [1.82, 2.24) is 20.2 Å². The van der Waals surface area contributed by atoms with Gasteiger partial charge in [-0.1, -0.05) is 42.8 Å². The van der Waals surface area contributed by atoms with Crippen LogP contribution in [-0.4, -0.2) is 45.7 Å². The van der Waals surface area contributed by atoms with Gasteiger partial charge in [-0.2, -0.15) is 0 Å². The normalized spacial score (nSPS) is 14.6. The van der Waals surface area contributed by atoms with Gasteiger partial charge in [-0.3, -0.25) is 4.90 Å². The molecule has 1 aromatic heterocycles. The number of nitrogens with zero attached hydrogens (tertiary/aromatic N) is 3. The number of benzene rings is 2. The first-order chi connectivity index (χ1) is 16.1. The summed E-state index contributed by atoms with van der Waals surface area (Å²) in [7, 11) is 0. The highest BCUT2D eigenvalue weighted by atomic mass is 35.5. The van der Waals surface area contributed by atoms with Crippen LogP contribution in [0.3, 0.4) is 0 Å². The molecule has 0 amide bonds. The Morgan fingerprint density at radius 2 is 1.91 bits per heavy atom. The van der Waals surface area contributed by atoms with Crippen LogP contribution in [-0.2, 0) is 19.4 Å². The highest BCUT2D eigenvalue weighted by Crippen LogP contribution is 2.25. The van der Waals surface area contributed by atoms with Crippen LogP contribution < -0.4 is 5.32 Å². The zero-order chi connectivity index (χ0) is 23.0. The average molecular weight is 465 g/mol. The quantitative estimate of drug-likeness (QED) is 0.452. The van der Waals surface area contributed by atoms with Crippen LogP contribution in [0.4, 0.5) is 0 Å². The summed E-state index contributed by atoms with van der Waals surface area (Å²) < 4.78 is 0. The molecule has 0 spiro atoms. The molecule has 0 aliphatic carbocycles. The second-order valence-corrected chi connectivity index (χ2v) is 9.15. The summed E-state index contributed by atoms with van der Waals surface area (Å²) in [5.41, 5.74) is 4.55. The predicted molar refractivity (Wildman–Crippen MR) is 135 cm³/mol. The molecule has 2 N–H and O–H groups in total. The molecule has 174 valence electrons. The predicted octanol–water partition coefficient (Wildman–Crippen LogP) is 5.25. The highest BCUT2D eigenvalue weighted by Gasteiger charge is 2.19. The second kappa shape index (κ2) is 11.6. The van der Waals surface area contributed by atoms with Crippen molar-refractivity contribution >= 4 is 11.6 Å². The monoisotopic (exact) mass is 464 g/mol. The summed E-state index contributed by atoms with van der Waals surface area (Å²) in [6.07, 6.45) is 6.89. The molecule has 2 aromatic carbocycles. The van der Waals surface area contributed by atoms with Crippen molar-refractivity contribution in [2.75, 3.05) is 19.6 Å². The van der Waals surface area contributed by atoms with Crippen LogP contribution in [0, 0.1) is 0 Å². The Balaban J connectivity index is 1.39. The molecule has 1 aliphatic rings. The standard InChI is InChI=1S/C27H33ClN4O/c1-2-32(23-11-14-29-15-12-23)19-21-6-3-7-22(17-21)25-13-16-30-27(31-25)8-4-5-20-9-10-26(33)24(28)18-20/h3,6-7,9-10,13,16-18,23,29,33H,2,4-5,8,11-12,14-15,19H2,1H3. The summed E-state index contributed by atoms with van der Waals surface area (Å²) in [6, 6.07) is 16.8. The number of piperidine rings is 1. The van der Waals surface area contributed by atoms with E-state index in [0.717, 1.165) is 68.1 Å². The molecule has 1 saturated heterocycles. The Bertz CT molecular complexity index is 1050. The Morgan fingerprint density at radius 1 is 1.06 bits per heavy atom. The molecule has 33 heavy (non-hydrogen) atoms. The van der Waals surface area contributed by atoms with E-state index in [2.05, 4.69) is 46.4 Å². The first-order valence-corrected chi connectivity index (χ1v) is 12.3. The van der Waals surface area contributed by atoms with Gasteiger partial charge < -0.3 is 10.4 Å². The Kier molecular flexibility index (Phi) is 8.32. The minimum absolute atomic E-state index is 0.122. The molecule has 0 bridgehead atoms. The number of phenols is 1. The number of aromatic hydroxyl groups is 1. The zero-order valence-electron chi connectivity index (χ0n) is 19.3. The zero-order valence-corrected chi connectivity index (χ0v) is 20.1. The van der Waals surface area contributed by atoms with E-state index in [-0.39, 0.29) is 5.75 Å². The van der Waals surface area contributed by atoms with E-state index < -0.39 is 0 Å². The van der Waals surface area contributed by atoms with Gasteiger partial charge >= 0.3 is 0 Å². The van der Waals surface area contributed by atoms with Crippen LogP contribution in [0.1, 0.15) is 43.1 Å². The molecule has 3 aromatic rings. The van der Waals surface area contributed by atoms with Crippen molar-refractivity contribution in [1.29, 1.82) is 0 Å². The number of rotatable bonds is 9. The lowest BCUT2D eigenvalue weighted by atomic mass is 10.0. The summed E-state index contributed by atoms with van der Waals surface area (Å²) >= 11 is 6.02. The molecule has 0 unspecified atom stereocenters. The van der Waals surface area contributed by atoms with Gasteiger partial charge in [0.2, 0.25) is 0 Å². The number of nitrogens with one attached hydrogen (secondary N) is 1. The lowest BCUT2D eigenvalue weighted by molar-refractivity contribution is 0.162. The Morgan fingerprint density at radius 3 is 2.70 bits per heavy atom. The molecule has 6 heteroatoms. The lowest BCUT2D eigenvalue weighted by Crippen LogP contribution is -2.42. The third-order valence-corrected chi connectivity index (χ3v) is 6.73. The first kappa shape index (κ1) is 23.7. The van der Waals surface area contributed by atoms with Crippen molar-refractivity contribution in [3.05, 3.63) is 76.7 Å². The van der Waals surface area contributed by atoms with E-state index in [1.165, 1.54) is 18.4 Å². The third-order valence-electron chi connectivity index (χ3n) is 6.42. The SMILES string of the molecule is CCN(Cc1cccc(-c2ccnc(CCCc3ccc(O)c(Cl)c3)n2)c1)C1CCNCC1. The van der Waals surface area contributed by atoms with Gasteiger partial charge in [0.05, 0.1) is 10.7 Å². The third kappa shape index (κ3) is 6.53. The van der Waals surface area contributed by atoms with Gasteiger partial charge in [-0.15, -0.1) is 0 Å². The van der Waals surface area contributed by atoms with E-state index in [9.17, 15) is 5.11 Å². The van der Waals surface area contributed by atoms with Crippen molar-refractivity contribution in [2.24, 2.45) is 0 Å². The molecule has 0 radical (unpaired) electrons. The Hall–Kier alpha value is -2.47. The maximum Gasteiger partial charge on any atom is 0.134 e. The second-order valence-electron chi connectivity index (χ2n) is 8.74. The van der Waals surface area contributed by atoms with Crippen LogP contribution in [0.2, 0.25) is 5.02 Å². The van der Waals surface area contributed by atoms with Crippen LogP contribution in [0.5, 0.6) is 5.75 Å². The minimum Gasteiger partial charge on any atom is -0.506 e. The smallest absolute Gasteiger partial charge is 0.134 e. The van der Waals surface area contributed by atoms with E-state index in [4.69, 9.17) is 16.6 Å². The molecule has 1 aliphatic heterocycles. The van der Waals surface area contributed by atoms with Crippen LogP contribution in [0.25, 0.3) is 11.3 Å². The number of hydrogen-bond acceptors (Lipinski definition) is 5. The summed E-state index contributed by atoms with van der Waals surface area (Å²) in [5.74, 6) is 0.976. The van der Waals surface area contributed by atoms with Crippen molar-refractivity contribution < 1.29 is 5.11 Å². The largest absolute Gasteiger partial charge is 0.506 e. The van der Waals surface area contributed by atoms with E-state index in [1.54, 1.807) is 6.07 Å². The molecule has 2 heterocycles. The van der Waals surface area contributed by atoms with Gasteiger partial charge in [-0.25, -0.2) is 9.97 Å². The van der Waals surface area contributed by atoms with Crippen molar-refractivity contribution in [3.63, 3.8) is 0 Å². The lowest BCUT2D eigenvalue weighted by Gasteiger charge is -2.34. The molecule has 4 rings (SSSR count). The maximum atomic E-state index is 9.58. The van der Waals surface area contributed by atoms with Gasteiger partial charge in [0.15, 0.2) is 0 Å². The van der Waals surface area contributed by atoms with Crippen molar-refractivity contribution in [2.45, 2.75) is 51.6 Å². The summed E-state index contributed by atoms with van der Waals surface area (Å²) in [4.78, 5) is 11.9. The highest BCUT2D eigenvalue weighted by molar-refractivity contribution is 6.32. The first-order valence-electron chi connectivity index (χ1n) is 12.0. The van der Waals surface area contributed by atoms with E-state index in [1.807, 2.05) is 24.4 Å². The van der Waals surface area contributed by atoms with Crippen LogP contribution in [0.15, 0.2) is 54.7 Å². The Labute approximate surface area is 201 Å². The minimum atomic E-state index is 0.122. The molecule has 1 fully saturated rings. The summed E-state index contributed by atoms with van der Waals surface area (Å²) in [5, 5.41) is 13.4. The van der Waals surface area contributed by atoms with Gasteiger partial charge in [0.1, 0.15) is 11.6 Å². The average Bonchev–Trinajstić information content (AvgIpc) is 2.86. The molecule has 5 nitrogen and oxygen atoms in total. The topological polar surface area (TPSA) is 61.3 Å². The summed E-state index contributed by atoms with van der Waals surface area (Å²) in [6.45, 7) is 6.53. The number of phenolic OH excluding ortho intramolecular Hbond substituents is 1. The maximum absolute atomic E-state index is 9.58. The van der Waals surface area contributed by atoms with E-state index >= 15 is 0 Å². The fraction of sp³-hybridized carbons (Fsp3) is 0.407. The fourth-order valence-corrected chi connectivity index (χ4v) is 4.77. The van der Waals surface area contributed by atoms with Gasteiger partial charge in [-0.05, 0) is 80.7 Å². The molecular weight excluding hydrogens is 432 g/mol. The van der Waals surface area contributed by atoms with Crippen LogP contribution >= 0.6 is 11.6 Å². The number of aryl methyl sites for hydroxylation is 2. The molecular formula is C27H33ClN4O. The molecule has 0 saturated carbocycles.